The molecule has 0 aromatic heterocycles. The van der Waals surface area contributed by atoms with Crippen LogP contribution in [0.2, 0.25) is 0 Å². The quantitative estimate of drug-likeness (QED) is 0.584. The van der Waals surface area contributed by atoms with Crippen LogP contribution >= 0.6 is 0 Å². The summed E-state index contributed by atoms with van der Waals surface area (Å²) in [6.45, 7) is 3.18. The molecule has 12 heavy (non-hydrogen) atoms. The van der Waals surface area contributed by atoms with Crippen LogP contribution < -0.4 is 10.6 Å². The van der Waals surface area contributed by atoms with Gasteiger partial charge in [0.2, 0.25) is 5.91 Å². The Labute approximate surface area is 72.9 Å². The predicted octanol–water partition coefficient (Wildman–Crippen LogP) is 0.122. The fourth-order valence-electron chi connectivity index (χ4n) is 2.24. The van der Waals surface area contributed by atoms with E-state index in [0.717, 1.165) is 32.0 Å². The van der Waals surface area contributed by atoms with Crippen molar-refractivity contribution in [2.75, 3.05) is 19.6 Å². The molecule has 2 rings (SSSR count). The summed E-state index contributed by atoms with van der Waals surface area (Å²) in [6, 6.07) is 0. The first kappa shape index (κ1) is 8.05. The number of carbonyl (C=O) groups excluding carboxylic acids is 1. The van der Waals surface area contributed by atoms with Gasteiger partial charge in [0, 0.05) is 13.0 Å². The van der Waals surface area contributed by atoms with Crippen molar-refractivity contribution < 1.29 is 4.79 Å². The molecule has 0 aromatic carbocycles. The highest BCUT2D eigenvalue weighted by Gasteiger charge is 2.29. The highest BCUT2D eigenvalue weighted by molar-refractivity contribution is 5.78. The van der Waals surface area contributed by atoms with Gasteiger partial charge in [0.15, 0.2) is 0 Å². The van der Waals surface area contributed by atoms with Gasteiger partial charge in [-0.3, -0.25) is 4.79 Å². The van der Waals surface area contributed by atoms with Gasteiger partial charge >= 0.3 is 0 Å². The molecule has 2 unspecified atom stereocenters. The average molecular weight is 168 g/mol. The minimum atomic E-state index is 0.241. The largest absolute Gasteiger partial charge is 0.356 e. The van der Waals surface area contributed by atoms with Crippen LogP contribution in [0.25, 0.3) is 0 Å². The molecule has 3 heteroatoms. The summed E-state index contributed by atoms with van der Waals surface area (Å²) >= 11 is 0. The summed E-state index contributed by atoms with van der Waals surface area (Å²) in [5, 5.41) is 6.29. The zero-order valence-corrected chi connectivity index (χ0v) is 7.31. The van der Waals surface area contributed by atoms with E-state index in [1.54, 1.807) is 0 Å². The molecule has 68 valence electrons. The monoisotopic (exact) mass is 168 g/mol. The topological polar surface area (TPSA) is 41.1 Å². The van der Waals surface area contributed by atoms with Gasteiger partial charge in [0.1, 0.15) is 0 Å². The van der Waals surface area contributed by atoms with E-state index < -0.39 is 0 Å². The molecule has 2 fully saturated rings. The van der Waals surface area contributed by atoms with Crippen molar-refractivity contribution in [1.29, 1.82) is 0 Å². The minimum absolute atomic E-state index is 0.241. The molecular formula is C9H16N2O. The van der Waals surface area contributed by atoms with Crippen molar-refractivity contribution >= 4 is 5.91 Å². The second kappa shape index (κ2) is 3.44. The van der Waals surface area contributed by atoms with Gasteiger partial charge in [-0.1, -0.05) is 0 Å². The van der Waals surface area contributed by atoms with Crippen molar-refractivity contribution in [3.8, 4) is 0 Å². The Bertz CT molecular complexity index is 175. The van der Waals surface area contributed by atoms with Gasteiger partial charge in [-0.05, 0) is 37.8 Å². The third-order valence-electron chi connectivity index (χ3n) is 3.01. The summed E-state index contributed by atoms with van der Waals surface area (Å²) in [5.41, 5.74) is 0. The highest BCUT2D eigenvalue weighted by atomic mass is 16.1. The molecule has 2 N–H and O–H groups in total. The van der Waals surface area contributed by atoms with Crippen molar-refractivity contribution in [2.45, 2.75) is 19.3 Å². The maximum atomic E-state index is 11.0. The summed E-state index contributed by atoms with van der Waals surface area (Å²) in [4.78, 5) is 11.0. The second-order valence-corrected chi connectivity index (χ2v) is 3.87. The molecule has 0 radical (unpaired) electrons. The Hall–Kier alpha value is -0.570. The molecule has 2 heterocycles. The lowest BCUT2D eigenvalue weighted by Gasteiger charge is -2.26. The first-order valence-electron chi connectivity index (χ1n) is 4.83. The molecule has 1 amide bonds. The molecule has 0 spiro atoms. The number of amides is 1. The Kier molecular flexibility index (Phi) is 2.30. The fourth-order valence-corrected chi connectivity index (χ4v) is 2.24. The molecule has 3 nitrogen and oxygen atoms in total. The molecule has 0 aromatic rings. The normalized spacial score (nSPS) is 36.5. The van der Waals surface area contributed by atoms with Crippen molar-refractivity contribution in [2.24, 2.45) is 11.8 Å². The van der Waals surface area contributed by atoms with Crippen LogP contribution in [-0.2, 0) is 4.79 Å². The SMILES string of the molecule is O=C1CC(C2CCCNC2)CN1. The van der Waals surface area contributed by atoms with Crippen LogP contribution in [0.1, 0.15) is 19.3 Å². The van der Waals surface area contributed by atoms with Gasteiger partial charge < -0.3 is 10.6 Å². The van der Waals surface area contributed by atoms with Crippen LogP contribution in [0, 0.1) is 11.8 Å². The maximum absolute atomic E-state index is 11.0. The zero-order chi connectivity index (χ0) is 8.39. The Balaban J connectivity index is 1.86. The van der Waals surface area contributed by atoms with Crippen LogP contribution in [0.15, 0.2) is 0 Å². The molecule has 2 aliphatic rings. The summed E-state index contributed by atoms with van der Waals surface area (Å²) in [7, 11) is 0. The summed E-state index contributed by atoms with van der Waals surface area (Å²) in [6.07, 6.45) is 3.33. The lowest BCUT2D eigenvalue weighted by Crippen LogP contribution is -2.34. The van der Waals surface area contributed by atoms with Crippen LogP contribution in [0.5, 0.6) is 0 Å². The molecule has 2 aliphatic heterocycles. The molecule has 2 saturated heterocycles. The number of nitrogens with one attached hydrogen (secondary N) is 2. The Morgan fingerprint density at radius 1 is 1.25 bits per heavy atom. The van der Waals surface area contributed by atoms with Crippen molar-refractivity contribution in [1.82, 2.24) is 10.6 Å². The molecular weight excluding hydrogens is 152 g/mol. The third-order valence-corrected chi connectivity index (χ3v) is 3.01. The lowest BCUT2D eigenvalue weighted by atomic mass is 9.86. The second-order valence-electron chi connectivity index (χ2n) is 3.87. The van der Waals surface area contributed by atoms with Crippen LogP contribution in [0.3, 0.4) is 0 Å². The minimum Gasteiger partial charge on any atom is -0.356 e. The Morgan fingerprint density at radius 2 is 2.17 bits per heavy atom. The van der Waals surface area contributed by atoms with Gasteiger partial charge in [-0.15, -0.1) is 0 Å². The first-order valence-corrected chi connectivity index (χ1v) is 4.83. The Morgan fingerprint density at radius 3 is 2.75 bits per heavy atom. The number of piperidine rings is 1. The van der Waals surface area contributed by atoms with E-state index in [9.17, 15) is 4.79 Å². The summed E-state index contributed by atoms with van der Waals surface area (Å²) in [5.74, 6) is 1.58. The smallest absolute Gasteiger partial charge is 0.220 e. The zero-order valence-electron chi connectivity index (χ0n) is 7.31. The lowest BCUT2D eigenvalue weighted by molar-refractivity contribution is -0.119. The van der Waals surface area contributed by atoms with E-state index in [2.05, 4.69) is 10.6 Å². The predicted molar refractivity (Wildman–Crippen MR) is 46.7 cm³/mol. The van der Waals surface area contributed by atoms with E-state index in [-0.39, 0.29) is 5.91 Å². The first-order chi connectivity index (χ1) is 5.86. The van der Waals surface area contributed by atoms with Crippen LogP contribution in [0.4, 0.5) is 0 Å². The van der Waals surface area contributed by atoms with Gasteiger partial charge in [0.25, 0.3) is 0 Å². The number of hydrogen-bond donors (Lipinski definition) is 2. The number of carbonyl (C=O) groups is 1. The standard InChI is InChI=1S/C9H16N2O/c12-9-4-8(6-11-9)7-2-1-3-10-5-7/h7-8,10H,1-6H2,(H,11,12). The van der Waals surface area contributed by atoms with E-state index >= 15 is 0 Å². The number of hydrogen-bond acceptors (Lipinski definition) is 2. The number of rotatable bonds is 1. The summed E-state index contributed by atoms with van der Waals surface area (Å²) < 4.78 is 0. The van der Waals surface area contributed by atoms with Crippen molar-refractivity contribution in [3.05, 3.63) is 0 Å². The van der Waals surface area contributed by atoms with Crippen molar-refractivity contribution in [3.63, 3.8) is 0 Å². The van der Waals surface area contributed by atoms with Crippen LogP contribution in [-0.4, -0.2) is 25.5 Å². The molecule has 2 atom stereocenters. The van der Waals surface area contributed by atoms with E-state index in [0.29, 0.717) is 5.92 Å². The molecule has 0 saturated carbocycles. The van der Waals surface area contributed by atoms with E-state index in [1.165, 1.54) is 12.8 Å². The van der Waals surface area contributed by atoms with E-state index in [4.69, 9.17) is 0 Å². The fraction of sp³-hybridized carbons (Fsp3) is 0.889. The molecule has 0 aliphatic carbocycles. The van der Waals surface area contributed by atoms with Gasteiger partial charge in [0.05, 0.1) is 0 Å². The highest BCUT2D eigenvalue weighted by Crippen LogP contribution is 2.24. The molecule has 0 bridgehead atoms. The maximum Gasteiger partial charge on any atom is 0.220 e. The van der Waals surface area contributed by atoms with Gasteiger partial charge in [-0.25, -0.2) is 0 Å². The third kappa shape index (κ3) is 1.61. The van der Waals surface area contributed by atoms with E-state index in [1.807, 2.05) is 0 Å². The average Bonchev–Trinajstić information content (AvgIpc) is 2.54. The van der Waals surface area contributed by atoms with Gasteiger partial charge in [-0.2, -0.15) is 0 Å².